The predicted molar refractivity (Wildman–Crippen MR) is 119 cm³/mol. The smallest absolute Gasteiger partial charge is 0.251 e. The SMILES string of the molecule is CSc1nnc(CCCNC(=O)CNC(=O)c2ccc(C)c(C)c2)n1C1CCCC1. The van der Waals surface area contributed by atoms with Crippen molar-refractivity contribution in [3.8, 4) is 0 Å². The van der Waals surface area contributed by atoms with Crippen molar-refractivity contribution in [2.24, 2.45) is 0 Å². The van der Waals surface area contributed by atoms with Gasteiger partial charge in [-0.3, -0.25) is 9.59 Å². The minimum Gasteiger partial charge on any atom is -0.355 e. The minimum atomic E-state index is -0.234. The van der Waals surface area contributed by atoms with E-state index in [-0.39, 0.29) is 18.4 Å². The molecule has 0 unspecified atom stereocenters. The van der Waals surface area contributed by atoms with Gasteiger partial charge in [0.05, 0.1) is 6.54 Å². The second kappa shape index (κ2) is 10.6. The van der Waals surface area contributed by atoms with Crippen LogP contribution in [0.15, 0.2) is 23.4 Å². The molecule has 0 radical (unpaired) electrons. The van der Waals surface area contributed by atoms with Gasteiger partial charge in [-0.2, -0.15) is 0 Å². The fourth-order valence-corrected chi connectivity index (χ4v) is 4.40. The molecular formula is C22H31N5O2S. The van der Waals surface area contributed by atoms with E-state index in [9.17, 15) is 9.59 Å². The Morgan fingerprint density at radius 2 is 1.90 bits per heavy atom. The van der Waals surface area contributed by atoms with Crippen LogP contribution in [0.3, 0.4) is 0 Å². The summed E-state index contributed by atoms with van der Waals surface area (Å²) in [6.45, 7) is 4.49. The van der Waals surface area contributed by atoms with E-state index in [0.717, 1.165) is 34.9 Å². The van der Waals surface area contributed by atoms with Gasteiger partial charge in [-0.1, -0.05) is 30.7 Å². The molecule has 2 amide bonds. The first kappa shape index (κ1) is 22.3. The molecule has 30 heavy (non-hydrogen) atoms. The number of nitrogens with zero attached hydrogens (tertiary/aromatic N) is 3. The van der Waals surface area contributed by atoms with Crippen LogP contribution in [0.5, 0.6) is 0 Å². The first-order chi connectivity index (χ1) is 14.5. The number of hydrogen-bond acceptors (Lipinski definition) is 5. The van der Waals surface area contributed by atoms with Crippen molar-refractivity contribution in [2.75, 3.05) is 19.3 Å². The molecule has 0 aliphatic heterocycles. The molecule has 162 valence electrons. The second-order valence-corrected chi connectivity index (χ2v) is 8.62. The van der Waals surface area contributed by atoms with Crippen LogP contribution in [-0.2, 0) is 11.2 Å². The first-order valence-electron chi connectivity index (χ1n) is 10.6. The number of aryl methyl sites for hydroxylation is 3. The highest BCUT2D eigenvalue weighted by atomic mass is 32.2. The molecular weight excluding hydrogens is 398 g/mol. The molecule has 8 heteroatoms. The molecule has 1 saturated carbocycles. The quantitative estimate of drug-likeness (QED) is 0.472. The zero-order valence-electron chi connectivity index (χ0n) is 18.0. The molecule has 7 nitrogen and oxygen atoms in total. The van der Waals surface area contributed by atoms with Gasteiger partial charge < -0.3 is 15.2 Å². The molecule has 1 fully saturated rings. The third kappa shape index (κ3) is 5.62. The van der Waals surface area contributed by atoms with Crippen molar-refractivity contribution in [3.05, 3.63) is 40.7 Å². The largest absolute Gasteiger partial charge is 0.355 e. The van der Waals surface area contributed by atoms with Crippen molar-refractivity contribution >= 4 is 23.6 Å². The van der Waals surface area contributed by atoms with E-state index in [2.05, 4.69) is 25.4 Å². The fourth-order valence-electron chi connectivity index (χ4n) is 3.83. The van der Waals surface area contributed by atoms with Crippen molar-refractivity contribution in [1.29, 1.82) is 0 Å². The monoisotopic (exact) mass is 429 g/mol. The van der Waals surface area contributed by atoms with Crippen LogP contribution in [0, 0.1) is 13.8 Å². The Hall–Kier alpha value is -2.35. The van der Waals surface area contributed by atoms with Gasteiger partial charge >= 0.3 is 0 Å². The molecule has 1 heterocycles. The van der Waals surface area contributed by atoms with Crippen molar-refractivity contribution < 1.29 is 9.59 Å². The lowest BCUT2D eigenvalue weighted by Crippen LogP contribution is -2.37. The van der Waals surface area contributed by atoms with E-state index < -0.39 is 0 Å². The molecule has 0 saturated heterocycles. The standard InChI is InChI=1S/C22H31N5O2S/c1-15-10-11-17(13-16(15)2)21(29)24-14-20(28)23-12-6-9-19-25-26-22(30-3)27(19)18-7-4-5-8-18/h10-11,13,18H,4-9,12,14H2,1-3H3,(H,23,28)(H,24,29). The topological polar surface area (TPSA) is 88.9 Å². The number of aromatic nitrogens is 3. The van der Waals surface area contributed by atoms with Crippen LogP contribution in [0.1, 0.15) is 65.5 Å². The molecule has 1 aliphatic rings. The van der Waals surface area contributed by atoms with Gasteiger partial charge in [0, 0.05) is 24.6 Å². The third-order valence-electron chi connectivity index (χ3n) is 5.69. The van der Waals surface area contributed by atoms with Crippen molar-refractivity contribution in [3.63, 3.8) is 0 Å². The average Bonchev–Trinajstić information content (AvgIpc) is 3.40. The third-order valence-corrected chi connectivity index (χ3v) is 6.33. The maximum Gasteiger partial charge on any atom is 0.251 e. The number of rotatable bonds is 9. The maximum atomic E-state index is 12.2. The molecule has 0 spiro atoms. The summed E-state index contributed by atoms with van der Waals surface area (Å²) in [4.78, 5) is 24.3. The lowest BCUT2D eigenvalue weighted by atomic mass is 10.1. The van der Waals surface area contributed by atoms with Gasteiger partial charge in [-0.25, -0.2) is 0 Å². The van der Waals surface area contributed by atoms with Gasteiger partial charge in [0.25, 0.3) is 5.91 Å². The Morgan fingerprint density at radius 1 is 1.13 bits per heavy atom. The lowest BCUT2D eigenvalue weighted by molar-refractivity contribution is -0.120. The van der Waals surface area contributed by atoms with E-state index >= 15 is 0 Å². The van der Waals surface area contributed by atoms with E-state index in [4.69, 9.17) is 0 Å². The Morgan fingerprint density at radius 3 is 2.60 bits per heavy atom. The van der Waals surface area contributed by atoms with E-state index in [0.29, 0.717) is 18.2 Å². The average molecular weight is 430 g/mol. The van der Waals surface area contributed by atoms with Gasteiger partial charge in [0.15, 0.2) is 5.16 Å². The number of thioether (sulfide) groups is 1. The zero-order valence-corrected chi connectivity index (χ0v) is 18.8. The zero-order chi connectivity index (χ0) is 21.5. The van der Waals surface area contributed by atoms with E-state index in [1.54, 1.807) is 17.8 Å². The molecule has 1 aliphatic carbocycles. The van der Waals surface area contributed by atoms with Gasteiger partial charge in [0.1, 0.15) is 5.82 Å². The fraction of sp³-hybridized carbons (Fsp3) is 0.545. The van der Waals surface area contributed by atoms with Crippen LogP contribution in [0.25, 0.3) is 0 Å². The van der Waals surface area contributed by atoms with Gasteiger partial charge in [0.2, 0.25) is 5.91 Å². The van der Waals surface area contributed by atoms with Gasteiger partial charge in [-0.05, 0) is 62.6 Å². The van der Waals surface area contributed by atoms with Crippen LogP contribution in [-0.4, -0.2) is 45.9 Å². The number of carbonyl (C=O) groups is 2. The molecule has 3 rings (SSSR count). The minimum absolute atomic E-state index is 0.0271. The number of nitrogens with one attached hydrogen (secondary N) is 2. The summed E-state index contributed by atoms with van der Waals surface area (Å²) < 4.78 is 2.29. The summed E-state index contributed by atoms with van der Waals surface area (Å²) in [6.07, 6.45) is 8.51. The highest BCUT2D eigenvalue weighted by Gasteiger charge is 2.23. The number of carbonyl (C=O) groups excluding carboxylic acids is 2. The summed E-state index contributed by atoms with van der Waals surface area (Å²) in [6, 6.07) is 6.04. The molecule has 2 aromatic rings. The summed E-state index contributed by atoms with van der Waals surface area (Å²) in [5, 5.41) is 15.2. The summed E-state index contributed by atoms with van der Waals surface area (Å²) >= 11 is 1.64. The Kier molecular flexibility index (Phi) is 7.90. The van der Waals surface area contributed by atoms with Crippen LogP contribution < -0.4 is 10.6 Å². The van der Waals surface area contributed by atoms with Crippen LogP contribution in [0.4, 0.5) is 0 Å². The van der Waals surface area contributed by atoms with Crippen molar-refractivity contribution in [2.45, 2.75) is 63.6 Å². The molecule has 1 aromatic carbocycles. The van der Waals surface area contributed by atoms with Crippen molar-refractivity contribution in [1.82, 2.24) is 25.4 Å². The highest BCUT2D eigenvalue weighted by molar-refractivity contribution is 7.98. The maximum absolute atomic E-state index is 12.2. The Balaban J connectivity index is 1.41. The van der Waals surface area contributed by atoms with Crippen LogP contribution >= 0.6 is 11.8 Å². The normalized spacial score (nSPS) is 14.1. The molecule has 0 atom stereocenters. The number of amides is 2. The lowest BCUT2D eigenvalue weighted by Gasteiger charge is -2.16. The molecule has 1 aromatic heterocycles. The van der Waals surface area contributed by atoms with E-state index in [1.165, 1.54) is 25.7 Å². The number of hydrogen-bond donors (Lipinski definition) is 2. The number of benzene rings is 1. The Bertz CT molecular complexity index is 890. The summed E-state index contributed by atoms with van der Waals surface area (Å²) in [5.74, 6) is 0.584. The predicted octanol–water partition coefficient (Wildman–Crippen LogP) is 3.21. The van der Waals surface area contributed by atoms with E-state index in [1.807, 2.05) is 32.2 Å². The first-order valence-corrected chi connectivity index (χ1v) is 11.8. The Labute approximate surface area is 182 Å². The summed E-state index contributed by atoms with van der Waals surface area (Å²) in [7, 11) is 0. The van der Waals surface area contributed by atoms with Gasteiger partial charge in [-0.15, -0.1) is 10.2 Å². The second-order valence-electron chi connectivity index (χ2n) is 7.85. The molecule has 2 N–H and O–H groups in total. The highest BCUT2D eigenvalue weighted by Crippen LogP contribution is 2.33. The molecule has 0 bridgehead atoms. The van der Waals surface area contributed by atoms with Crippen LogP contribution in [0.2, 0.25) is 0 Å². The summed E-state index contributed by atoms with van der Waals surface area (Å²) in [5.41, 5.74) is 2.77.